The van der Waals surface area contributed by atoms with Gasteiger partial charge in [0.2, 0.25) is 5.95 Å². The Morgan fingerprint density at radius 1 is 0.970 bits per heavy atom. The number of hydrogen-bond donors (Lipinski definition) is 1. The van der Waals surface area contributed by atoms with Crippen LogP contribution in [0, 0.1) is 0 Å². The third-order valence-corrected chi connectivity index (χ3v) is 6.43. The summed E-state index contributed by atoms with van der Waals surface area (Å²) >= 11 is 12.7. The normalized spacial score (nSPS) is 18.5. The van der Waals surface area contributed by atoms with Crippen molar-refractivity contribution < 1.29 is 9.47 Å². The van der Waals surface area contributed by atoms with Gasteiger partial charge in [0.05, 0.1) is 12.8 Å². The Morgan fingerprint density at radius 2 is 1.79 bits per heavy atom. The molecular weight excluding hydrogens is 459 g/mol. The molecule has 33 heavy (non-hydrogen) atoms. The summed E-state index contributed by atoms with van der Waals surface area (Å²) in [5.41, 5.74) is 4.75. The fraction of sp³-hybridized carbons (Fsp3) is 0.120. The van der Waals surface area contributed by atoms with Crippen molar-refractivity contribution in [3.63, 3.8) is 0 Å². The highest BCUT2D eigenvalue weighted by molar-refractivity contribution is 6.31. The number of aromatic nitrogens is 3. The standard InChI is InChI=1S/C25H18Cl2N4O2/c1-32-18-8-5-14(6-9-18)23-21-22(30-25-28-13-29-31(23)25)19-12-17(27)7-10-20(19)33-24(21)15-3-2-4-16(26)11-15/h2-13,23-24H,1H3,(H,28,29,30)/t23-,24+/m1/s1. The van der Waals surface area contributed by atoms with Crippen molar-refractivity contribution in [2.75, 3.05) is 12.4 Å². The predicted molar refractivity (Wildman–Crippen MR) is 128 cm³/mol. The van der Waals surface area contributed by atoms with Crippen LogP contribution < -0.4 is 14.8 Å². The molecule has 0 unspecified atom stereocenters. The van der Waals surface area contributed by atoms with Gasteiger partial charge in [0.1, 0.15) is 30.0 Å². The number of ether oxygens (including phenoxy) is 2. The van der Waals surface area contributed by atoms with E-state index in [1.807, 2.05) is 71.4 Å². The van der Waals surface area contributed by atoms with Crippen LogP contribution in [-0.4, -0.2) is 21.9 Å². The van der Waals surface area contributed by atoms with Gasteiger partial charge in [-0.3, -0.25) is 0 Å². The maximum absolute atomic E-state index is 6.58. The number of methoxy groups -OCH3 is 1. The van der Waals surface area contributed by atoms with E-state index in [-0.39, 0.29) is 6.04 Å². The van der Waals surface area contributed by atoms with Gasteiger partial charge in [0.25, 0.3) is 0 Å². The van der Waals surface area contributed by atoms with Gasteiger partial charge in [-0.05, 0) is 53.6 Å². The Balaban J connectivity index is 1.62. The van der Waals surface area contributed by atoms with E-state index in [4.69, 9.17) is 32.7 Å². The number of benzene rings is 3. The molecule has 2 atom stereocenters. The van der Waals surface area contributed by atoms with E-state index in [9.17, 15) is 0 Å². The second-order valence-corrected chi connectivity index (χ2v) is 8.73. The predicted octanol–water partition coefficient (Wildman–Crippen LogP) is 6.15. The Kier molecular flexibility index (Phi) is 4.78. The van der Waals surface area contributed by atoms with Gasteiger partial charge in [-0.1, -0.05) is 47.5 Å². The van der Waals surface area contributed by atoms with Crippen LogP contribution in [0.2, 0.25) is 10.0 Å². The zero-order valence-corrected chi connectivity index (χ0v) is 19.0. The topological polar surface area (TPSA) is 61.2 Å². The van der Waals surface area contributed by atoms with E-state index in [0.29, 0.717) is 16.0 Å². The van der Waals surface area contributed by atoms with Crippen LogP contribution in [0.1, 0.15) is 28.8 Å². The number of fused-ring (bicyclic) bond motifs is 3. The summed E-state index contributed by atoms with van der Waals surface area (Å²) < 4.78 is 13.8. The smallest absolute Gasteiger partial charge is 0.226 e. The maximum Gasteiger partial charge on any atom is 0.226 e. The second kappa shape index (κ2) is 7.83. The summed E-state index contributed by atoms with van der Waals surface area (Å²) in [5.74, 6) is 2.16. The molecule has 1 N–H and O–H groups in total. The molecule has 2 aliphatic rings. The zero-order valence-electron chi connectivity index (χ0n) is 17.5. The van der Waals surface area contributed by atoms with Gasteiger partial charge in [0.15, 0.2) is 0 Å². The lowest BCUT2D eigenvalue weighted by atomic mass is 9.84. The molecular formula is C25H18Cl2N4O2. The minimum Gasteiger partial charge on any atom is -0.497 e. The van der Waals surface area contributed by atoms with Crippen LogP contribution >= 0.6 is 23.2 Å². The monoisotopic (exact) mass is 476 g/mol. The van der Waals surface area contributed by atoms with E-state index < -0.39 is 6.10 Å². The maximum atomic E-state index is 6.58. The highest BCUT2D eigenvalue weighted by atomic mass is 35.5. The largest absolute Gasteiger partial charge is 0.497 e. The van der Waals surface area contributed by atoms with E-state index in [2.05, 4.69) is 15.4 Å². The minimum absolute atomic E-state index is 0.263. The number of hydrogen-bond acceptors (Lipinski definition) is 5. The molecule has 0 fully saturated rings. The lowest BCUT2D eigenvalue weighted by molar-refractivity contribution is 0.223. The van der Waals surface area contributed by atoms with Crippen molar-refractivity contribution in [2.24, 2.45) is 0 Å². The average molecular weight is 477 g/mol. The molecule has 6 rings (SSSR count). The first-order valence-electron chi connectivity index (χ1n) is 10.4. The molecule has 2 aliphatic heterocycles. The summed E-state index contributed by atoms with van der Waals surface area (Å²) in [6.45, 7) is 0. The number of halogens is 2. The van der Waals surface area contributed by atoms with Gasteiger partial charge in [-0.2, -0.15) is 10.1 Å². The molecule has 0 amide bonds. The van der Waals surface area contributed by atoms with Crippen LogP contribution in [0.15, 0.2) is 78.6 Å². The molecule has 0 radical (unpaired) electrons. The Labute approximate surface area is 200 Å². The summed E-state index contributed by atoms with van der Waals surface area (Å²) in [5, 5.41) is 9.28. The summed E-state index contributed by atoms with van der Waals surface area (Å²) in [4.78, 5) is 4.45. The first-order chi connectivity index (χ1) is 16.1. The van der Waals surface area contributed by atoms with E-state index >= 15 is 0 Å². The minimum atomic E-state index is -0.399. The summed E-state index contributed by atoms with van der Waals surface area (Å²) in [7, 11) is 1.65. The highest BCUT2D eigenvalue weighted by Gasteiger charge is 2.41. The van der Waals surface area contributed by atoms with Gasteiger partial charge in [0, 0.05) is 21.2 Å². The van der Waals surface area contributed by atoms with Crippen LogP contribution in [0.4, 0.5) is 5.95 Å². The molecule has 0 saturated carbocycles. The Hall–Kier alpha value is -3.48. The van der Waals surface area contributed by atoms with Gasteiger partial charge in [-0.15, -0.1) is 0 Å². The molecule has 6 nitrogen and oxygen atoms in total. The van der Waals surface area contributed by atoms with Crippen molar-refractivity contribution in [1.29, 1.82) is 0 Å². The van der Waals surface area contributed by atoms with Gasteiger partial charge >= 0.3 is 0 Å². The first kappa shape index (κ1) is 20.1. The summed E-state index contributed by atoms with van der Waals surface area (Å²) in [6.07, 6.45) is 1.15. The molecule has 3 heterocycles. The van der Waals surface area contributed by atoms with Crippen molar-refractivity contribution in [3.05, 3.63) is 105 Å². The number of rotatable bonds is 3. The van der Waals surface area contributed by atoms with Crippen molar-refractivity contribution in [2.45, 2.75) is 12.1 Å². The molecule has 3 aromatic carbocycles. The molecule has 1 aromatic heterocycles. The molecule has 0 spiro atoms. The zero-order chi connectivity index (χ0) is 22.5. The van der Waals surface area contributed by atoms with Gasteiger partial charge in [-0.25, -0.2) is 4.68 Å². The number of nitrogens with one attached hydrogen (secondary N) is 1. The molecule has 0 aliphatic carbocycles. The molecule has 4 aromatic rings. The third-order valence-electron chi connectivity index (χ3n) is 5.96. The Bertz CT molecular complexity index is 1400. The van der Waals surface area contributed by atoms with Crippen molar-refractivity contribution in [1.82, 2.24) is 14.8 Å². The van der Waals surface area contributed by atoms with E-state index in [1.165, 1.54) is 0 Å². The SMILES string of the molecule is COc1ccc([C@@H]2C3=C(Nc4ncnn42)c2cc(Cl)ccc2O[C@H]3c2cccc(Cl)c2)cc1. The van der Waals surface area contributed by atoms with Crippen LogP contribution in [0.3, 0.4) is 0 Å². The second-order valence-electron chi connectivity index (χ2n) is 7.85. The fourth-order valence-electron chi connectivity index (χ4n) is 4.49. The molecule has 8 heteroatoms. The quantitative estimate of drug-likeness (QED) is 0.383. The third kappa shape index (κ3) is 3.34. The van der Waals surface area contributed by atoms with Crippen molar-refractivity contribution in [3.8, 4) is 11.5 Å². The molecule has 0 bridgehead atoms. The lowest BCUT2D eigenvalue weighted by Gasteiger charge is -2.39. The van der Waals surface area contributed by atoms with E-state index in [1.54, 1.807) is 13.4 Å². The van der Waals surface area contributed by atoms with Crippen molar-refractivity contribution >= 4 is 34.8 Å². The molecule has 164 valence electrons. The van der Waals surface area contributed by atoms with Crippen LogP contribution in [0.5, 0.6) is 11.5 Å². The van der Waals surface area contributed by atoms with Crippen LogP contribution in [-0.2, 0) is 0 Å². The fourth-order valence-corrected chi connectivity index (χ4v) is 4.86. The van der Waals surface area contributed by atoms with Crippen LogP contribution in [0.25, 0.3) is 5.70 Å². The van der Waals surface area contributed by atoms with E-state index in [0.717, 1.165) is 39.5 Å². The number of nitrogens with zero attached hydrogens (tertiary/aromatic N) is 3. The molecule has 0 saturated heterocycles. The number of anilines is 1. The Morgan fingerprint density at radius 3 is 2.58 bits per heavy atom. The first-order valence-corrected chi connectivity index (χ1v) is 11.1. The average Bonchev–Trinajstić information content (AvgIpc) is 3.31. The van der Waals surface area contributed by atoms with Gasteiger partial charge < -0.3 is 14.8 Å². The lowest BCUT2D eigenvalue weighted by Crippen LogP contribution is -2.32. The summed E-state index contributed by atoms with van der Waals surface area (Å²) in [6, 6.07) is 21.0. The highest BCUT2D eigenvalue weighted by Crippen LogP contribution is 2.51.